The van der Waals surface area contributed by atoms with Crippen molar-refractivity contribution in [3.8, 4) is 0 Å². The van der Waals surface area contributed by atoms with E-state index in [1.807, 2.05) is 18.2 Å². The van der Waals surface area contributed by atoms with Gasteiger partial charge in [0.25, 0.3) is 0 Å². The first-order valence-corrected chi connectivity index (χ1v) is 6.71. The zero-order valence-corrected chi connectivity index (χ0v) is 11.5. The second kappa shape index (κ2) is 6.85. The van der Waals surface area contributed by atoms with Crippen LogP contribution in [0.2, 0.25) is 0 Å². The Morgan fingerprint density at radius 3 is 2.40 bits per heavy atom. The largest absolute Gasteiger partial charge is 0.355 e. The summed E-state index contributed by atoms with van der Waals surface area (Å²) < 4.78 is 12.8. The number of hydrogen-bond acceptors (Lipinski definition) is 1. The average molecular weight is 271 g/mol. The molecule has 0 aliphatic heterocycles. The molecular formula is C17H18FNO. The Bertz CT molecular complexity index is 551. The van der Waals surface area contributed by atoms with Gasteiger partial charge in [0.05, 0.1) is 6.42 Å². The Morgan fingerprint density at radius 1 is 1.10 bits per heavy atom. The van der Waals surface area contributed by atoms with Crippen molar-refractivity contribution in [2.24, 2.45) is 0 Å². The van der Waals surface area contributed by atoms with E-state index in [-0.39, 0.29) is 24.1 Å². The highest BCUT2D eigenvalue weighted by Crippen LogP contribution is 2.13. The van der Waals surface area contributed by atoms with E-state index in [1.54, 1.807) is 12.1 Å². The van der Waals surface area contributed by atoms with Crippen LogP contribution in [-0.4, -0.2) is 12.5 Å². The van der Waals surface area contributed by atoms with Crippen LogP contribution in [-0.2, 0) is 11.2 Å². The van der Waals surface area contributed by atoms with Crippen LogP contribution < -0.4 is 5.32 Å². The van der Waals surface area contributed by atoms with E-state index < -0.39 is 0 Å². The predicted octanol–water partition coefficient (Wildman–Crippen LogP) is 3.29. The topological polar surface area (TPSA) is 29.1 Å². The minimum absolute atomic E-state index is 0.0422. The summed E-state index contributed by atoms with van der Waals surface area (Å²) >= 11 is 0. The molecule has 1 atom stereocenters. The number of rotatable bonds is 5. The van der Waals surface area contributed by atoms with E-state index >= 15 is 0 Å². The van der Waals surface area contributed by atoms with Crippen molar-refractivity contribution in [1.82, 2.24) is 5.32 Å². The normalized spacial score (nSPS) is 11.9. The fraction of sp³-hybridized carbons (Fsp3) is 0.235. The highest BCUT2D eigenvalue weighted by atomic mass is 19.1. The van der Waals surface area contributed by atoms with E-state index in [1.165, 1.54) is 17.7 Å². The lowest BCUT2D eigenvalue weighted by molar-refractivity contribution is -0.120. The number of hydrogen-bond donors (Lipinski definition) is 1. The Balaban J connectivity index is 1.82. The van der Waals surface area contributed by atoms with Crippen LogP contribution in [0.15, 0.2) is 54.6 Å². The van der Waals surface area contributed by atoms with Crippen molar-refractivity contribution in [1.29, 1.82) is 0 Å². The number of benzene rings is 2. The molecule has 20 heavy (non-hydrogen) atoms. The van der Waals surface area contributed by atoms with Crippen LogP contribution in [0.25, 0.3) is 0 Å². The lowest BCUT2D eigenvalue weighted by atomic mass is 10.0. The summed E-state index contributed by atoms with van der Waals surface area (Å²) in [4.78, 5) is 11.8. The molecule has 2 nitrogen and oxygen atoms in total. The maximum absolute atomic E-state index is 12.8. The van der Waals surface area contributed by atoms with Crippen LogP contribution >= 0.6 is 0 Å². The molecule has 104 valence electrons. The second-order valence-corrected chi connectivity index (χ2v) is 4.92. The van der Waals surface area contributed by atoms with Crippen LogP contribution in [0, 0.1) is 5.82 Å². The Hall–Kier alpha value is -2.16. The number of halogens is 1. The first kappa shape index (κ1) is 14.3. The highest BCUT2D eigenvalue weighted by molar-refractivity contribution is 5.78. The van der Waals surface area contributed by atoms with Gasteiger partial charge in [-0.3, -0.25) is 4.79 Å². The molecule has 2 aromatic carbocycles. The van der Waals surface area contributed by atoms with E-state index in [4.69, 9.17) is 0 Å². The van der Waals surface area contributed by atoms with Crippen LogP contribution in [0.4, 0.5) is 4.39 Å². The van der Waals surface area contributed by atoms with E-state index in [0.717, 1.165) is 5.56 Å². The van der Waals surface area contributed by atoms with Gasteiger partial charge in [-0.15, -0.1) is 0 Å². The third-order valence-electron chi connectivity index (χ3n) is 3.25. The van der Waals surface area contributed by atoms with Gasteiger partial charge >= 0.3 is 0 Å². The van der Waals surface area contributed by atoms with Gasteiger partial charge in [-0.25, -0.2) is 4.39 Å². The van der Waals surface area contributed by atoms with Crippen LogP contribution in [0.5, 0.6) is 0 Å². The summed E-state index contributed by atoms with van der Waals surface area (Å²) in [6, 6.07) is 16.1. The Kier molecular flexibility index (Phi) is 4.88. The molecule has 0 radical (unpaired) electrons. The molecule has 2 rings (SSSR count). The van der Waals surface area contributed by atoms with Crippen LogP contribution in [0.3, 0.4) is 0 Å². The maximum Gasteiger partial charge on any atom is 0.224 e. The maximum atomic E-state index is 12.8. The molecule has 0 aliphatic rings. The zero-order chi connectivity index (χ0) is 14.4. The molecule has 2 aromatic rings. The molecule has 0 unspecified atom stereocenters. The molecular weight excluding hydrogens is 253 g/mol. The van der Waals surface area contributed by atoms with Crippen molar-refractivity contribution >= 4 is 5.91 Å². The minimum atomic E-state index is -0.285. The SMILES string of the molecule is C[C@@H](CNC(=O)Cc1ccc(F)cc1)c1ccccc1. The molecule has 0 aliphatic carbocycles. The summed E-state index contributed by atoms with van der Waals surface area (Å²) in [6.45, 7) is 2.68. The lowest BCUT2D eigenvalue weighted by Gasteiger charge is -2.13. The zero-order valence-electron chi connectivity index (χ0n) is 11.5. The Labute approximate surface area is 118 Å². The third-order valence-corrected chi connectivity index (χ3v) is 3.25. The summed E-state index contributed by atoms with van der Waals surface area (Å²) in [5.41, 5.74) is 2.02. The molecule has 0 saturated heterocycles. The van der Waals surface area contributed by atoms with Crippen molar-refractivity contribution in [2.75, 3.05) is 6.54 Å². The third kappa shape index (κ3) is 4.19. The molecule has 3 heteroatoms. The molecule has 0 saturated carbocycles. The predicted molar refractivity (Wildman–Crippen MR) is 78.0 cm³/mol. The van der Waals surface area contributed by atoms with Gasteiger partial charge in [0, 0.05) is 6.54 Å². The van der Waals surface area contributed by atoms with Gasteiger partial charge in [-0.1, -0.05) is 49.4 Å². The first-order valence-electron chi connectivity index (χ1n) is 6.71. The highest BCUT2D eigenvalue weighted by Gasteiger charge is 2.08. The quantitative estimate of drug-likeness (QED) is 0.888. The average Bonchev–Trinajstić information content (AvgIpc) is 2.48. The van der Waals surface area contributed by atoms with Crippen molar-refractivity contribution in [2.45, 2.75) is 19.3 Å². The summed E-state index contributed by atoms with van der Waals surface area (Å²) in [6.07, 6.45) is 0.280. The summed E-state index contributed by atoms with van der Waals surface area (Å²) in [7, 11) is 0. The van der Waals surface area contributed by atoms with Crippen molar-refractivity contribution in [3.05, 3.63) is 71.5 Å². The molecule has 1 amide bonds. The molecule has 0 aromatic heterocycles. The first-order chi connectivity index (χ1) is 9.65. The molecule has 0 heterocycles. The van der Waals surface area contributed by atoms with E-state index in [0.29, 0.717) is 6.54 Å². The number of amides is 1. The van der Waals surface area contributed by atoms with Crippen molar-refractivity contribution in [3.63, 3.8) is 0 Å². The van der Waals surface area contributed by atoms with Gasteiger partial charge in [0.15, 0.2) is 0 Å². The monoisotopic (exact) mass is 271 g/mol. The van der Waals surface area contributed by atoms with E-state index in [9.17, 15) is 9.18 Å². The second-order valence-electron chi connectivity index (χ2n) is 4.92. The fourth-order valence-electron chi connectivity index (χ4n) is 2.02. The van der Waals surface area contributed by atoms with Gasteiger partial charge in [-0.2, -0.15) is 0 Å². The number of carbonyl (C=O) groups excluding carboxylic acids is 1. The van der Waals surface area contributed by atoms with Gasteiger partial charge in [-0.05, 0) is 29.2 Å². The molecule has 0 spiro atoms. The summed E-state index contributed by atoms with van der Waals surface area (Å²) in [5.74, 6) is -0.0559. The van der Waals surface area contributed by atoms with Gasteiger partial charge in [0.1, 0.15) is 5.82 Å². The van der Waals surface area contributed by atoms with Gasteiger partial charge in [0.2, 0.25) is 5.91 Å². The smallest absolute Gasteiger partial charge is 0.224 e. The number of nitrogens with one attached hydrogen (secondary N) is 1. The molecule has 0 bridgehead atoms. The lowest BCUT2D eigenvalue weighted by Crippen LogP contribution is -2.28. The molecule has 0 fully saturated rings. The number of carbonyl (C=O) groups is 1. The standard InChI is InChI=1S/C17H18FNO/c1-13(15-5-3-2-4-6-15)12-19-17(20)11-14-7-9-16(18)10-8-14/h2-10,13H,11-12H2,1H3,(H,19,20)/t13-/m0/s1. The summed E-state index contributed by atoms with van der Waals surface area (Å²) in [5, 5.41) is 2.91. The van der Waals surface area contributed by atoms with Gasteiger partial charge < -0.3 is 5.32 Å². The van der Waals surface area contributed by atoms with Crippen molar-refractivity contribution < 1.29 is 9.18 Å². The van der Waals surface area contributed by atoms with Crippen LogP contribution in [0.1, 0.15) is 24.0 Å². The minimum Gasteiger partial charge on any atom is -0.355 e. The fourth-order valence-corrected chi connectivity index (χ4v) is 2.02. The molecule has 1 N–H and O–H groups in total. The van der Waals surface area contributed by atoms with E-state index in [2.05, 4.69) is 24.4 Å². The Morgan fingerprint density at radius 2 is 1.75 bits per heavy atom.